The molecule has 1 saturated heterocycles. The number of ether oxygens (including phenoxy) is 2. The lowest BCUT2D eigenvalue weighted by molar-refractivity contribution is 0.102. The Balaban J connectivity index is 2.17. The van der Waals surface area contributed by atoms with Crippen LogP contribution in [0.3, 0.4) is 0 Å². The summed E-state index contributed by atoms with van der Waals surface area (Å²) in [5.74, 6) is 1.62. The van der Waals surface area contributed by atoms with Crippen molar-refractivity contribution in [2.24, 2.45) is 5.73 Å². The maximum atomic E-state index is 6.12. The van der Waals surface area contributed by atoms with Crippen LogP contribution >= 0.6 is 0 Å². The lowest BCUT2D eigenvalue weighted by Gasteiger charge is -2.38. The molecule has 24 heavy (non-hydrogen) atoms. The average Bonchev–Trinajstić information content (AvgIpc) is 2.58. The number of likely N-dealkylation sites (N-methyl/N-ethyl adjacent to an activating group) is 1. The van der Waals surface area contributed by atoms with Gasteiger partial charge in [-0.3, -0.25) is 4.90 Å². The lowest BCUT2D eigenvalue weighted by Crippen LogP contribution is -2.48. The van der Waals surface area contributed by atoms with E-state index in [9.17, 15) is 0 Å². The summed E-state index contributed by atoms with van der Waals surface area (Å²) in [5.41, 5.74) is 7.33. The average molecular weight is 335 g/mol. The highest BCUT2D eigenvalue weighted by molar-refractivity contribution is 5.44. The van der Waals surface area contributed by atoms with Gasteiger partial charge in [0.05, 0.1) is 12.7 Å². The van der Waals surface area contributed by atoms with Crippen molar-refractivity contribution in [2.75, 3.05) is 45.9 Å². The molecule has 1 unspecified atom stereocenters. The summed E-state index contributed by atoms with van der Waals surface area (Å²) in [6.07, 6.45) is 0.127. The van der Waals surface area contributed by atoms with Gasteiger partial charge in [0.1, 0.15) is 0 Å². The lowest BCUT2D eigenvalue weighted by atomic mass is 10.0. The van der Waals surface area contributed by atoms with Crippen molar-refractivity contribution in [2.45, 2.75) is 39.8 Å². The zero-order valence-corrected chi connectivity index (χ0v) is 15.6. The first-order valence-corrected chi connectivity index (χ1v) is 9.18. The zero-order valence-electron chi connectivity index (χ0n) is 15.6. The second-order valence-electron chi connectivity index (χ2n) is 6.53. The summed E-state index contributed by atoms with van der Waals surface area (Å²) in [6, 6.07) is 6.48. The summed E-state index contributed by atoms with van der Waals surface area (Å²) in [4.78, 5) is 4.97. The highest BCUT2D eigenvalue weighted by atomic mass is 16.5. The van der Waals surface area contributed by atoms with Gasteiger partial charge in [-0.2, -0.15) is 0 Å². The monoisotopic (exact) mass is 335 g/mol. The fraction of sp³-hybridized carbons (Fsp3) is 0.684. The van der Waals surface area contributed by atoms with Crippen LogP contribution in [0.4, 0.5) is 0 Å². The van der Waals surface area contributed by atoms with Crippen LogP contribution in [-0.2, 0) is 0 Å². The molecule has 2 N–H and O–H groups in total. The summed E-state index contributed by atoms with van der Waals surface area (Å²) in [6.45, 7) is 15.0. The number of nitrogens with zero attached hydrogens (tertiary/aromatic N) is 2. The van der Waals surface area contributed by atoms with Gasteiger partial charge in [0.2, 0.25) is 0 Å². The van der Waals surface area contributed by atoms with Gasteiger partial charge in [-0.15, -0.1) is 0 Å². The fourth-order valence-electron chi connectivity index (χ4n) is 3.24. The van der Waals surface area contributed by atoms with Crippen molar-refractivity contribution >= 4 is 0 Å². The normalized spacial score (nSPS) is 17.9. The molecule has 1 heterocycles. The van der Waals surface area contributed by atoms with Gasteiger partial charge in [-0.05, 0) is 45.0 Å². The van der Waals surface area contributed by atoms with E-state index in [1.807, 2.05) is 26.8 Å². The molecule has 0 amide bonds. The standard InChI is InChI=1S/C19H33N3O2/c1-5-21-9-11-22(12-10-21)17(14-20)16-7-8-18(24-15(3)4)19(13-16)23-6-2/h7-8,13,15,17H,5-6,9-12,14,20H2,1-4H3. The highest BCUT2D eigenvalue weighted by Crippen LogP contribution is 2.33. The third kappa shape index (κ3) is 4.85. The molecule has 0 saturated carbocycles. The summed E-state index contributed by atoms with van der Waals surface area (Å²) >= 11 is 0. The van der Waals surface area contributed by atoms with Crippen LogP contribution in [0.15, 0.2) is 18.2 Å². The van der Waals surface area contributed by atoms with E-state index < -0.39 is 0 Å². The molecule has 136 valence electrons. The molecular formula is C19H33N3O2. The van der Waals surface area contributed by atoms with Gasteiger partial charge in [0.15, 0.2) is 11.5 Å². The number of rotatable bonds is 8. The molecule has 1 atom stereocenters. The van der Waals surface area contributed by atoms with Gasteiger partial charge in [0, 0.05) is 38.8 Å². The minimum atomic E-state index is 0.127. The van der Waals surface area contributed by atoms with E-state index in [0.717, 1.165) is 44.2 Å². The molecule has 1 aromatic carbocycles. The van der Waals surface area contributed by atoms with Crippen molar-refractivity contribution in [1.82, 2.24) is 9.80 Å². The number of piperazine rings is 1. The first kappa shape index (κ1) is 19.0. The van der Waals surface area contributed by atoms with Crippen molar-refractivity contribution in [3.05, 3.63) is 23.8 Å². The number of hydrogen-bond donors (Lipinski definition) is 1. The smallest absolute Gasteiger partial charge is 0.161 e. The van der Waals surface area contributed by atoms with Crippen LogP contribution in [0.1, 0.15) is 39.3 Å². The zero-order chi connectivity index (χ0) is 17.5. The van der Waals surface area contributed by atoms with Crippen LogP contribution in [0.25, 0.3) is 0 Å². The minimum absolute atomic E-state index is 0.127. The molecule has 1 aliphatic heterocycles. The summed E-state index contributed by atoms with van der Waals surface area (Å²) in [7, 11) is 0. The second-order valence-corrected chi connectivity index (χ2v) is 6.53. The van der Waals surface area contributed by atoms with Crippen LogP contribution in [0, 0.1) is 0 Å². The number of benzene rings is 1. The molecule has 0 aliphatic carbocycles. The Hall–Kier alpha value is -1.30. The van der Waals surface area contributed by atoms with E-state index >= 15 is 0 Å². The van der Waals surface area contributed by atoms with E-state index in [4.69, 9.17) is 15.2 Å². The third-order valence-electron chi connectivity index (χ3n) is 4.53. The number of hydrogen-bond acceptors (Lipinski definition) is 5. The van der Waals surface area contributed by atoms with Gasteiger partial charge in [-0.25, -0.2) is 0 Å². The molecule has 0 radical (unpaired) electrons. The van der Waals surface area contributed by atoms with Crippen molar-refractivity contribution in [3.63, 3.8) is 0 Å². The molecule has 2 rings (SSSR count). The van der Waals surface area contributed by atoms with Crippen molar-refractivity contribution < 1.29 is 9.47 Å². The molecule has 0 bridgehead atoms. The molecule has 0 aromatic heterocycles. The molecular weight excluding hydrogens is 302 g/mol. The van der Waals surface area contributed by atoms with E-state index in [1.54, 1.807) is 0 Å². The topological polar surface area (TPSA) is 51.0 Å². The molecule has 5 nitrogen and oxygen atoms in total. The van der Waals surface area contributed by atoms with E-state index in [-0.39, 0.29) is 12.1 Å². The Bertz CT molecular complexity index is 499. The van der Waals surface area contributed by atoms with E-state index in [0.29, 0.717) is 13.2 Å². The predicted octanol–water partition coefficient (Wildman–Crippen LogP) is 2.51. The van der Waals surface area contributed by atoms with E-state index in [1.165, 1.54) is 5.56 Å². The third-order valence-corrected chi connectivity index (χ3v) is 4.53. The molecule has 1 aromatic rings. The van der Waals surface area contributed by atoms with E-state index in [2.05, 4.69) is 28.9 Å². The fourth-order valence-corrected chi connectivity index (χ4v) is 3.24. The maximum Gasteiger partial charge on any atom is 0.161 e. The highest BCUT2D eigenvalue weighted by Gasteiger charge is 2.24. The van der Waals surface area contributed by atoms with Crippen LogP contribution < -0.4 is 15.2 Å². The Morgan fingerprint density at radius 3 is 2.33 bits per heavy atom. The quantitative estimate of drug-likeness (QED) is 0.791. The van der Waals surface area contributed by atoms with Crippen LogP contribution in [0.2, 0.25) is 0 Å². The van der Waals surface area contributed by atoms with Gasteiger partial charge in [-0.1, -0.05) is 13.0 Å². The second kappa shape index (κ2) is 9.25. The Morgan fingerprint density at radius 1 is 1.08 bits per heavy atom. The summed E-state index contributed by atoms with van der Waals surface area (Å²) in [5, 5.41) is 0. The number of nitrogens with two attached hydrogens (primary N) is 1. The van der Waals surface area contributed by atoms with Crippen LogP contribution in [0.5, 0.6) is 11.5 Å². The predicted molar refractivity (Wildman–Crippen MR) is 98.9 cm³/mol. The van der Waals surface area contributed by atoms with Gasteiger partial charge in [0.25, 0.3) is 0 Å². The SMILES string of the molecule is CCOc1cc(C(CN)N2CCN(CC)CC2)ccc1OC(C)C. The molecule has 5 heteroatoms. The van der Waals surface area contributed by atoms with Gasteiger partial charge < -0.3 is 20.1 Å². The minimum Gasteiger partial charge on any atom is -0.490 e. The van der Waals surface area contributed by atoms with Crippen LogP contribution in [-0.4, -0.2) is 61.8 Å². The Kier molecular flexibility index (Phi) is 7.34. The first-order valence-electron chi connectivity index (χ1n) is 9.18. The largest absolute Gasteiger partial charge is 0.490 e. The molecule has 1 aliphatic rings. The maximum absolute atomic E-state index is 6.12. The van der Waals surface area contributed by atoms with Crippen molar-refractivity contribution in [1.29, 1.82) is 0 Å². The summed E-state index contributed by atoms with van der Waals surface area (Å²) < 4.78 is 11.7. The Labute approximate surface area is 146 Å². The van der Waals surface area contributed by atoms with Gasteiger partial charge >= 0.3 is 0 Å². The molecule has 0 spiro atoms. The molecule has 1 fully saturated rings. The van der Waals surface area contributed by atoms with Crippen molar-refractivity contribution in [3.8, 4) is 11.5 Å². The Morgan fingerprint density at radius 2 is 1.79 bits per heavy atom. The first-order chi connectivity index (χ1) is 11.6.